The zero-order valence-corrected chi connectivity index (χ0v) is 9.81. The van der Waals surface area contributed by atoms with E-state index < -0.39 is 16.5 Å². The van der Waals surface area contributed by atoms with E-state index >= 15 is 0 Å². The quantitative estimate of drug-likeness (QED) is 0.694. The van der Waals surface area contributed by atoms with E-state index in [-0.39, 0.29) is 11.5 Å². The van der Waals surface area contributed by atoms with Gasteiger partial charge in [0.1, 0.15) is 0 Å². The summed E-state index contributed by atoms with van der Waals surface area (Å²) >= 11 is -0.806. The summed E-state index contributed by atoms with van der Waals surface area (Å²) in [4.78, 5) is 0. The Labute approximate surface area is 81.2 Å². The topological polar surface area (TPSA) is 40.5 Å². The van der Waals surface area contributed by atoms with Crippen molar-refractivity contribution in [1.82, 2.24) is 0 Å². The monoisotopic (exact) mass is 364 g/mol. The van der Waals surface area contributed by atoms with E-state index in [4.69, 9.17) is 29.0 Å². The zero-order chi connectivity index (χ0) is 8.69. The summed E-state index contributed by atoms with van der Waals surface area (Å²) in [6, 6.07) is 6.15. The Kier molecular flexibility index (Phi) is 6.83. The predicted molar refractivity (Wildman–Crippen MR) is 41.5 cm³/mol. The molecule has 5 heteroatoms. The van der Waals surface area contributed by atoms with Crippen LogP contribution in [0.3, 0.4) is 0 Å². The molecule has 11 heavy (non-hydrogen) atoms. The van der Waals surface area contributed by atoms with Gasteiger partial charge in [-0.05, 0) is 12.1 Å². The van der Waals surface area contributed by atoms with Crippen LogP contribution in [0.5, 0.6) is 11.5 Å². The summed E-state index contributed by atoms with van der Waals surface area (Å²) in [5, 5.41) is 17.3. The molecule has 2 nitrogen and oxygen atoms in total. The van der Waals surface area contributed by atoms with Crippen molar-refractivity contribution in [3.63, 3.8) is 0 Å². The first-order valence-electron chi connectivity index (χ1n) is 2.58. The Morgan fingerprint density at radius 2 is 1.27 bits per heavy atom. The van der Waals surface area contributed by atoms with E-state index in [1.54, 1.807) is 12.1 Å². The van der Waals surface area contributed by atoms with Crippen molar-refractivity contribution in [2.24, 2.45) is 0 Å². The number of hydrogen-bond donors (Lipinski definition) is 2. The van der Waals surface area contributed by atoms with Crippen molar-refractivity contribution in [3.8, 4) is 11.5 Å². The molecule has 0 amide bonds. The number of phenolic OH excluding ortho intramolecular Hbond substituents is 2. The molecule has 0 unspecified atom stereocenters. The molecule has 0 radical (unpaired) electrons. The van der Waals surface area contributed by atoms with Crippen LogP contribution in [-0.4, -0.2) is 10.2 Å². The minimum atomic E-state index is -0.806. The second kappa shape index (κ2) is 6.78. The van der Waals surface area contributed by atoms with Gasteiger partial charge in [0.05, 0.1) is 0 Å². The summed E-state index contributed by atoms with van der Waals surface area (Å²) in [5.41, 5.74) is 0. The molecule has 0 spiro atoms. The third kappa shape index (κ3) is 5.37. The van der Waals surface area contributed by atoms with Crippen molar-refractivity contribution < 1.29 is 26.7 Å². The second-order valence-electron chi connectivity index (χ2n) is 1.55. The molecule has 0 saturated carbocycles. The number of hydrogen-bond acceptors (Lipinski definition) is 2. The van der Waals surface area contributed by atoms with Gasteiger partial charge in [-0.3, -0.25) is 0 Å². The van der Waals surface area contributed by atoms with Crippen molar-refractivity contribution in [1.29, 1.82) is 0 Å². The molecule has 0 fully saturated rings. The van der Waals surface area contributed by atoms with Gasteiger partial charge in [0.25, 0.3) is 0 Å². The number of para-hydroxylation sites is 2. The van der Waals surface area contributed by atoms with Gasteiger partial charge in [0.15, 0.2) is 11.5 Å². The fourth-order valence-corrected chi connectivity index (χ4v) is 0.464. The number of benzene rings is 1. The molecule has 1 aromatic rings. The number of phenols is 2. The fourth-order valence-electron chi connectivity index (χ4n) is 0.464. The fraction of sp³-hybridized carbons (Fsp3) is 0. The van der Waals surface area contributed by atoms with E-state index in [0.29, 0.717) is 0 Å². The Hall–Kier alpha value is 0.0883. The molecule has 0 saturated heterocycles. The first-order valence-corrected chi connectivity index (χ1v) is 9.85. The van der Waals surface area contributed by atoms with Crippen LogP contribution < -0.4 is 0 Å². The van der Waals surface area contributed by atoms with E-state index in [0.717, 1.165) is 0 Å². The molecule has 0 aliphatic carbocycles. The van der Waals surface area contributed by atoms with E-state index in [1.807, 2.05) is 0 Å². The summed E-state index contributed by atoms with van der Waals surface area (Å²) in [6.07, 6.45) is 0. The molecule has 0 aliphatic heterocycles. The van der Waals surface area contributed by atoms with Crippen molar-refractivity contribution in [2.45, 2.75) is 0 Å². The molecule has 0 atom stereocenters. The summed E-state index contributed by atoms with van der Waals surface area (Å²) in [7, 11) is 9.86. The summed E-state index contributed by atoms with van der Waals surface area (Å²) < 4.78 is 0. The maximum atomic E-state index is 8.67. The molecular formula is C6H6Cl2O2W. The van der Waals surface area contributed by atoms with Crippen LogP contribution in [0.4, 0.5) is 0 Å². The standard InChI is InChI=1S/C6H6O2.2ClH.W/c7-5-3-1-2-4-6(5)8;;;/h1-4,7-8H;2*1H;/q;;;+2/p-2. The number of rotatable bonds is 0. The van der Waals surface area contributed by atoms with Gasteiger partial charge in [0, 0.05) is 0 Å². The Morgan fingerprint density at radius 1 is 1.00 bits per heavy atom. The molecule has 1 rings (SSSR count). The van der Waals surface area contributed by atoms with Crippen LogP contribution in [0.1, 0.15) is 0 Å². The zero-order valence-electron chi connectivity index (χ0n) is 5.37. The van der Waals surface area contributed by atoms with Crippen LogP contribution in [0, 0.1) is 0 Å². The van der Waals surface area contributed by atoms with Gasteiger partial charge in [-0.15, -0.1) is 0 Å². The van der Waals surface area contributed by atoms with Crippen LogP contribution in [0.15, 0.2) is 24.3 Å². The Bertz CT molecular complexity index is 187. The third-order valence-electron chi connectivity index (χ3n) is 0.882. The van der Waals surface area contributed by atoms with E-state index in [9.17, 15) is 0 Å². The summed E-state index contributed by atoms with van der Waals surface area (Å²) in [5.74, 6) is -0.153. The molecule has 1 aromatic carbocycles. The molecule has 0 aromatic heterocycles. The molecule has 0 aliphatic rings. The number of halogens is 2. The molecule has 0 bridgehead atoms. The van der Waals surface area contributed by atoms with Gasteiger partial charge in [-0.25, -0.2) is 0 Å². The molecule has 62 valence electrons. The summed E-state index contributed by atoms with van der Waals surface area (Å²) in [6.45, 7) is 0. The van der Waals surface area contributed by atoms with Crippen molar-refractivity contribution in [3.05, 3.63) is 24.3 Å². The van der Waals surface area contributed by atoms with Crippen LogP contribution in [0.25, 0.3) is 0 Å². The molecule has 2 N–H and O–H groups in total. The Morgan fingerprint density at radius 3 is 1.45 bits per heavy atom. The van der Waals surface area contributed by atoms with Crippen LogP contribution in [-0.2, 0) is 16.5 Å². The number of aromatic hydroxyl groups is 2. The van der Waals surface area contributed by atoms with Gasteiger partial charge in [0.2, 0.25) is 0 Å². The first-order chi connectivity index (χ1) is 5.22. The average molecular weight is 365 g/mol. The second-order valence-corrected chi connectivity index (χ2v) is 5.79. The van der Waals surface area contributed by atoms with E-state index in [1.165, 1.54) is 12.1 Å². The SMILES string of the molecule is Oc1ccccc1O.[Cl][W][Cl]. The first kappa shape index (κ1) is 11.1. The maximum absolute atomic E-state index is 8.67. The van der Waals surface area contributed by atoms with Gasteiger partial charge in [-0.1, -0.05) is 12.1 Å². The van der Waals surface area contributed by atoms with E-state index in [2.05, 4.69) is 0 Å². The average Bonchev–Trinajstić information content (AvgIpc) is 1.97. The molecule has 0 heterocycles. The van der Waals surface area contributed by atoms with Crippen LogP contribution >= 0.6 is 18.8 Å². The van der Waals surface area contributed by atoms with Crippen molar-refractivity contribution >= 4 is 18.8 Å². The predicted octanol–water partition coefficient (Wildman–Crippen LogP) is 2.47. The van der Waals surface area contributed by atoms with Crippen LogP contribution in [0.2, 0.25) is 0 Å². The van der Waals surface area contributed by atoms with Gasteiger partial charge in [-0.2, -0.15) is 0 Å². The van der Waals surface area contributed by atoms with Crippen molar-refractivity contribution in [2.75, 3.05) is 0 Å². The minimum absolute atomic E-state index is 0.0764. The normalized spacial score (nSPS) is 8.18. The third-order valence-corrected chi connectivity index (χ3v) is 0.882. The Balaban J connectivity index is 0.000000292. The molecular weight excluding hydrogens is 359 g/mol. The van der Waals surface area contributed by atoms with Gasteiger partial charge >= 0.3 is 35.3 Å². The van der Waals surface area contributed by atoms with Gasteiger partial charge < -0.3 is 10.2 Å².